The Morgan fingerprint density at radius 3 is 2.68 bits per heavy atom. The minimum atomic E-state index is -0.0872. The molecule has 1 aliphatic rings. The standard InChI is InChI=1S/C23H20BrN3OS2.ClH/c1-2-27-12-11-16-19(13-27)30-23(26-21(28)14-7-9-15(24)10-8-14)20(16)22-25-17-5-3-4-6-18(17)29-22;/h3-10H,2,11-13H2,1H3,(H,26,28);1H. The monoisotopic (exact) mass is 533 g/mol. The zero-order valence-electron chi connectivity index (χ0n) is 16.9. The number of anilines is 1. The molecule has 0 spiro atoms. The highest BCUT2D eigenvalue weighted by Crippen LogP contribution is 2.45. The van der Waals surface area contributed by atoms with Crippen LogP contribution in [0.15, 0.2) is 53.0 Å². The Morgan fingerprint density at radius 2 is 1.94 bits per heavy atom. The van der Waals surface area contributed by atoms with Crippen LogP contribution in [0.2, 0.25) is 0 Å². The summed E-state index contributed by atoms with van der Waals surface area (Å²) in [5.41, 5.74) is 4.11. The molecule has 160 valence electrons. The Hall–Kier alpha value is -1.77. The summed E-state index contributed by atoms with van der Waals surface area (Å²) >= 11 is 6.82. The minimum Gasteiger partial charge on any atom is -0.313 e. The molecule has 2 aromatic heterocycles. The zero-order valence-corrected chi connectivity index (χ0v) is 20.9. The van der Waals surface area contributed by atoms with E-state index in [0.717, 1.165) is 51.6 Å². The van der Waals surface area contributed by atoms with Crippen molar-refractivity contribution in [2.24, 2.45) is 0 Å². The Morgan fingerprint density at radius 1 is 1.16 bits per heavy atom. The van der Waals surface area contributed by atoms with Crippen molar-refractivity contribution < 1.29 is 4.79 Å². The minimum absolute atomic E-state index is 0. The molecule has 0 unspecified atom stereocenters. The van der Waals surface area contributed by atoms with E-state index in [-0.39, 0.29) is 18.3 Å². The lowest BCUT2D eigenvalue weighted by molar-refractivity contribution is 0.102. The van der Waals surface area contributed by atoms with Gasteiger partial charge in [0.1, 0.15) is 10.0 Å². The van der Waals surface area contributed by atoms with Gasteiger partial charge in [0.15, 0.2) is 0 Å². The van der Waals surface area contributed by atoms with E-state index in [2.05, 4.69) is 39.1 Å². The molecule has 0 fully saturated rings. The molecule has 1 N–H and O–H groups in total. The summed E-state index contributed by atoms with van der Waals surface area (Å²) in [5, 5.41) is 5.09. The highest BCUT2D eigenvalue weighted by atomic mass is 79.9. The first-order valence-corrected chi connectivity index (χ1v) is 12.3. The summed E-state index contributed by atoms with van der Waals surface area (Å²) in [6.07, 6.45) is 0.985. The molecule has 0 bridgehead atoms. The van der Waals surface area contributed by atoms with Crippen LogP contribution in [0.25, 0.3) is 20.8 Å². The van der Waals surface area contributed by atoms with Gasteiger partial charge >= 0.3 is 0 Å². The second kappa shape index (κ2) is 9.38. The van der Waals surface area contributed by atoms with Crippen LogP contribution in [0.1, 0.15) is 27.7 Å². The van der Waals surface area contributed by atoms with Gasteiger partial charge in [0, 0.05) is 33.6 Å². The molecular weight excluding hydrogens is 514 g/mol. The molecule has 4 nitrogen and oxygen atoms in total. The number of hydrogen-bond acceptors (Lipinski definition) is 5. The third kappa shape index (κ3) is 4.43. The lowest BCUT2D eigenvalue weighted by Gasteiger charge is -2.25. The van der Waals surface area contributed by atoms with Crippen LogP contribution < -0.4 is 5.32 Å². The number of carbonyl (C=O) groups is 1. The number of carbonyl (C=O) groups excluding carboxylic acids is 1. The van der Waals surface area contributed by atoms with Crippen LogP contribution in [0.4, 0.5) is 5.00 Å². The SMILES string of the molecule is CCN1CCc2c(sc(NC(=O)c3ccc(Br)cc3)c2-c2nc3ccccc3s2)C1.Cl. The van der Waals surface area contributed by atoms with Gasteiger partial charge < -0.3 is 5.32 Å². The van der Waals surface area contributed by atoms with Crippen molar-refractivity contribution >= 4 is 72.1 Å². The summed E-state index contributed by atoms with van der Waals surface area (Å²) in [6.45, 7) is 5.21. The van der Waals surface area contributed by atoms with Crippen molar-refractivity contribution in [1.29, 1.82) is 0 Å². The van der Waals surface area contributed by atoms with Crippen LogP contribution in [0.3, 0.4) is 0 Å². The van der Waals surface area contributed by atoms with Crippen LogP contribution >= 0.6 is 51.0 Å². The number of halogens is 2. The lowest BCUT2D eigenvalue weighted by Crippen LogP contribution is -2.29. The molecule has 8 heteroatoms. The molecule has 2 aromatic carbocycles. The average Bonchev–Trinajstić information content (AvgIpc) is 3.33. The Kier molecular flexibility index (Phi) is 6.79. The van der Waals surface area contributed by atoms with Gasteiger partial charge in [0.2, 0.25) is 0 Å². The van der Waals surface area contributed by atoms with Gasteiger partial charge in [-0.15, -0.1) is 35.1 Å². The van der Waals surface area contributed by atoms with E-state index in [4.69, 9.17) is 4.98 Å². The fraction of sp³-hybridized carbons (Fsp3) is 0.217. The molecule has 0 atom stereocenters. The highest BCUT2D eigenvalue weighted by Gasteiger charge is 2.27. The first kappa shape index (κ1) is 22.4. The molecule has 0 aliphatic carbocycles. The number of likely N-dealkylation sites (N-methyl/N-ethyl adjacent to an activating group) is 1. The van der Waals surface area contributed by atoms with Crippen molar-refractivity contribution in [3.8, 4) is 10.6 Å². The van der Waals surface area contributed by atoms with Crippen molar-refractivity contribution in [3.05, 3.63) is 69.0 Å². The number of hydrogen-bond donors (Lipinski definition) is 1. The molecule has 1 aliphatic heterocycles. The average molecular weight is 535 g/mol. The Bertz CT molecular complexity index is 1200. The lowest BCUT2D eigenvalue weighted by atomic mass is 10.0. The number of nitrogens with one attached hydrogen (secondary N) is 1. The Balaban J connectivity index is 0.00000231. The van der Waals surface area contributed by atoms with Crippen molar-refractivity contribution in [3.63, 3.8) is 0 Å². The number of thiazole rings is 1. The number of aromatic nitrogens is 1. The summed E-state index contributed by atoms with van der Waals surface area (Å²) in [6, 6.07) is 15.7. The van der Waals surface area contributed by atoms with E-state index in [9.17, 15) is 4.79 Å². The molecule has 3 heterocycles. The molecule has 4 aromatic rings. The first-order valence-electron chi connectivity index (χ1n) is 9.92. The second-order valence-electron chi connectivity index (χ2n) is 7.27. The first-order chi connectivity index (χ1) is 14.6. The topological polar surface area (TPSA) is 45.2 Å². The number of fused-ring (bicyclic) bond motifs is 2. The van der Waals surface area contributed by atoms with Gasteiger partial charge in [-0.1, -0.05) is 35.0 Å². The number of para-hydroxylation sites is 1. The third-order valence-electron chi connectivity index (χ3n) is 5.42. The van der Waals surface area contributed by atoms with E-state index in [1.165, 1.54) is 15.1 Å². The quantitative estimate of drug-likeness (QED) is 0.312. The number of rotatable bonds is 4. The largest absolute Gasteiger partial charge is 0.313 e. The molecule has 31 heavy (non-hydrogen) atoms. The summed E-state index contributed by atoms with van der Waals surface area (Å²) in [7, 11) is 0. The number of benzene rings is 2. The number of thiophene rings is 1. The number of nitrogens with zero attached hydrogens (tertiary/aromatic N) is 2. The van der Waals surface area contributed by atoms with Crippen molar-refractivity contribution in [1.82, 2.24) is 9.88 Å². The second-order valence-corrected chi connectivity index (χ2v) is 10.3. The smallest absolute Gasteiger partial charge is 0.256 e. The van der Waals surface area contributed by atoms with E-state index >= 15 is 0 Å². The summed E-state index contributed by atoms with van der Waals surface area (Å²) in [5.74, 6) is -0.0872. The van der Waals surface area contributed by atoms with Gasteiger partial charge in [0.05, 0.1) is 10.2 Å². The fourth-order valence-corrected chi connectivity index (χ4v) is 6.46. The fourth-order valence-electron chi connectivity index (χ4n) is 3.80. The van der Waals surface area contributed by atoms with Crippen molar-refractivity contribution in [2.45, 2.75) is 19.9 Å². The molecule has 0 saturated carbocycles. The molecule has 5 rings (SSSR count). The molecule has 1 amide bonds. The molecular formula is C23H21BrClN3OS2. The van der Waals surface area contributed by atoms with Crippen molar-refractivity contribution in [2.75, 3.05) is 18.4 Å². The predicted molar refractivity (Wildman–Crippen MR) is 137 cm³/mol. The zero-order chi connectivity index (χ0) is 20.7. The third-order valence-corrected chi connectivity index (χ3v) is 8.14. The van der Waals surface area contributed by atoms with Gasteiger partial charge in [-0.25, -0.2) is 4.98 Å². The van der Waals surface area contributed by atoms with Crippen LogP contribution in [0.5, 0.6) is 0 Å². The van der Waals surface area contributed by atoms with Crippen LogP contribution in [0, 0.1) is 0 Å². The normalized spacial score (nSPS) is 13.6. The van der Waals surface area contributed by atoms with Gasteiger partial charge in [-0.3, -0.25) is 9.69 Å². The summed E-state index contributed by atoms with van der Waals surface area (Å²) in [4.78, 5) is 21.7. The van der Waals surface area contributed by atoms with Crippen LogP contribution in [-0.4, -0.2) is 28.9 Å². The van der Waals surface area contributed by atoms with E-state index in [1.807, 2.05) is 42.5 Å². The molecule has 0 saturated heterocycles. The summed E-state index contributed by atoms with van der Waals surface area (Å²) < 4.78 is 2.13. The maximum Gasteiger partial charge on any atom is 0.256 e. The van der Waals surface area contributed by atoms with Gasteiger partial charge in [-0.2, -0.15) is 0 Å². The van der Waals surface area contributed by atoms with E-state index in [0.29, 0.717) is 5.56 Å². The molecule has 0 radical (unpaired) electrons. The maximum absolute atomic E-state index is 13.0. The van der Waals surface area contributed by atoms with E-state index < -0.39 is 0 Å². The highest BCUT2D eigenvalue weighted by molar-refractivity contribution is 9.10. The Labute approximate surface area is 203 Å². The number of amides is 1. The van der Waals surface area contributed by atoms with Gasteiger partial charge in [0.25, 0.3) is 5.91 Å². The van der Waals surface area contributed by atoms with Crippen LogP contribution in [-0.2, 0) is 13.0 Å². The van der Waals surface area contributed by atoms with Gasteiger partial charge in [-0.05, 0) is 54.9 Å². The maximum atomic E-state index is 13.0. The van der Waals surface area contributed by atoms with E-state index in [1.54, 1.807) is 22.7 Å². The predicted octanol–water partition coefficient (Wildman–Crippen LogP) is 6.84.